The van der Waals surface area contributed by atoms with E-state index in [-0.39, 0.29) is 24.5 Å². The number of hydrogen-bond donors (Lipinski definition) is 2. The Morgan fingerprint density at radius 3 is 2.69 bits per heavy atom. The highest BCUT2D eigenvalue weighted by atomic mass is 16.5. The van der Waals surface area contributed by atoms with E-state index in [0.29, 0.717) is 13.2 Å². The molecule has 0 saturated heterocycles. The number of ether oxygens (including phenoxy) is 1. The van der Waals surface area contributed by atoms with Crippen molar-refractivity contribution in [3.05, 3.63) is 0 Å². The lowest BCUT2D eigenvalue weighted by molar-refractivity contribution is -0.126. The summed E-state index contributed by atoms with van der Waals surface area (Å²) >= 11 is 0. The molecule has 16 heavy (non-hydrogen) atoms. The van der Waals surface area contributed by atoms with Gasteiger partial charge in [0.05, 0.1) is 6.61 Å². The van der Waals surface area contributed by atoms with Crippen molar-refractivity contribution >= 4 is 5.91 Å². The molecule has 0 spiro atoms. The molecule has 0 aromatic carbocycles. The summed E-state index contributed by atoms with van der Waals surface area (Å²) in [5.41, 5.74) is -0.0690. The molecule has 1 saturated carbocycles. The molecule has 1 aliphatic carbocycles. The quantitative estimate of drug-likeness (QED) is 0.642. The van der Waals surface area contributed by atoms with Gasteiger partial charge in [-0.3, -0.25) is 4.79 Å². The molecule has 1 aliphatic rings. The zero-order valence-corrected chi connectivity index (χ0v) is 10.1. The molecule has 94 valence electrons. The Morgan fingerprint density at radius 2 is 2.12 bits per heavy atom. The summed E-state index contributed by atoms with van der Waals surface area (Å²) in [6.45, 7) is 3.52. The summed E-state index contributed by atoms with van der Waals surface area (Å²) in [7, 11) is 0. The van der Waals surface area contributed by atoms with Crippen LogP contribution in [0.2, 0.25) is 0 Å². The van der Waals surface area contributed by atoms with Crippen molar-refractivity contribution in [2.75, 3.05) is 26.4 Å². The predicted octanol–water partition coefficient (Wildman–Crippen LogP) is 1.08. The van der Waals surface area contributed by atoms with Crippen LogP contribution in [0.4, 0.5) is 0 Å². The van der Waals surface area contributed by atoms with Gasteiger partial charge in [0.1, 0.15) is 6.61 Å². The summed E-state index contributed by atoms with van der Waals surface area (Å²) in [5.74, 6) is -0.0758. The summed E-state index contributed by atoms with van der Waals surface area (Å²) in [5, 5.41) is 12.2. The van der Waals surface area contributed by atoms with E-state index >= 15 is 0 Å². The van der Waals surface area contributed by atoms with Gasteiger partial charge in [-0.15, -0.1) is 0 Å². The molecular weight excluding hydrogens is 206 g/mol. The maximum Gasteiger partial charge on any atom is 0.246 e. The van der Waals surface area contributed by atoms with Crippen LogP contribution in [0.15, 0.2) is 0 Å². The lowest BCUT2D eigenvalue weighted by atomic mass is 9.87. The van der Waals surface area contributed by atoms with Crippen LogP contribution in [-0.2, 0) is 9.53 Å². The highest BCUT2D eigenvalue weighted by Gasteiger charge is 2.33. The summed E-state index contributed by atoms with van der Waals surface area (Å²) in [6, 6.07) is 0. The van der Waals surface area contributed by atoms with Gasteiger partial charge in [-0.1, -0.05) is 19.8 Å². The van der Waals surface area contributed by atoms with Gasteiger partial charge >= 0.3 is 0 Å². The van der Waals surface area contributed by atoms with Gasteiger partial charge in [0, 0.05) is 18.6 Å². The maximum atomic E-state index is 11.4. The number of amides is 1. The number of aliphatic hydroxyl groups excluding tert-OH is 1. The molecule has 0 aromatic heterocycles. The molecule has 1 rings (SSSR count). The van der Waals surface area contributed by atoms with Gasteiger partial charge in [-0.2, -0.15) is 0 Å². The molecule has 4 nitrogen and oxygen atoms in total. The molecule has 1 fully saturated rings. The second-order valence-corrected chi connectivity index (χ2v) is 4.69. The molecule has 0 radical (unpaired) electrons. The van der Waals surface area contributed by atoms with Gasteiger partial charge in [0.2, 0.25) is 5.91 Å². The summed E-state index contributed by atoms with van der Waals surface area (Å²) < 4.78 is 5.15. The van der Waals surface area contributed by atoms with Crippen LogP contribution in [0, 0.1) is 5.41 Å². The summed E-state index contributed by atoms with van der Waals surface area (Å²) in [4.78, 5) is 11.4. The zero-order chi connectivity index (χ0) is 11.9. The third-order valence-corrected chi connectivity index (χ3v) is 3.24. The van der Waals surface area contributed by atoms with E-state index in [9.17, 15) is 9.90 Å². The van der Waals surface area contributed by atoms with Crippen molar-refractivity contribution in [3.63, 3.8) is 0 Å². The minimum atomic E-state index is -0.0758. The fourth-order valence-electron chi connectivity index (χ4n) is 2.16. The molecule has 4 heteroatoms. The van der Waals surface area contributed by atoms with E-state index in [1.54, 1.807) is 0 Å². The Balaban J connectivity index is 2.19. The Morgan fingerprint density at radius 1 is 1.44 bits per heavy atom. The monoisotopic (exact) mass is 229 g/mol. The predicted molar refractivity (Wildman–Crippen MR) is 62.1 cm³/mol. The first-order valence-electron chi connectivity index (χ1n) is 6.18. The van der Waals surface area contributed by atoms with Crippen LogP contribution in [0.25, 0.3) is 0 Å². The second-order valence-electron chi connectivity index (χ2n) is 4.69. The van der Waals surface area contributed by atoms with Crippen LogP contribution in [-0.4, -0.2) is 37.4 Å². The first-order chi connectivity index (χ1) is 7.72. The smallest absolute Gasteiger partial charge is 0.246 e. The van der Waals surface area contributed by atoms with Crippen molar-refractivity contribution in [2.45, 2.75) is 39.0 Å². The third-order valence-electron chi connectivity index (χ3n) is 3.24. The standard InChI is InChI=1S/C12H23NO3/c1-2-7-16-8-11(15)13-9-12(10-14)5-3-4-6-12/h14H,2-10H2,1H3,(H,13,15). The Labute approximate surface area is 97.4 Å². The number of aliphatic hydroxyl groups is 1. The highest BCUT2D eigenvalue weighted by Crippen LogP contribution is 2.36. The first kappa shape index (κ1) is 13.5. The lowest BCUT2D eigenvalue weighted by Gasteiger charge is -2.26. The summed E-state index contributed by atoms with van der Waals surface area (Å²) in [6.07, 6.45) is 5.26. The average molecular weight is 229 g/mol. The molecule has 2 N–H and O–H groups in total. The Bertz CT molecular complexity index is 212. The van der Waals surface area contributed by atoms with Gasteiger partial charge < -0.3 is 15.2 Å². The number of carbonyl (C=O) groups excluding carboxylic acids is 1. The van der Waals surface area contributed by atoms with E-state index in [0.717, 1.165) is 32.1 Å². The fourth-order valence-corrected chi connectivity index (χ4v) is 2.16. The first-order valence-corrected chi connectivity index (χ1v) is 6.18. The molecular formula is C12H23NO3. The minimum absolute atomic E-state index is 0.0690. The molecule has 0 heterocycles. The molecule has 0 bridgehead atoms. The maximum absolute atomic E-state index is 11.4. The van der Waals surface area contributed by atoms with Crippen LogP contribution in [0.5, 0.6) is 0 Å². The second kappa shape index (κ2) is 6.86. The van der Waals surface area contributed by atoms with E-state index in [2.05, 4.69) is 5.32 Å². The van der Waals surface area contributed by atoms with E-state index < -0.39 is 0 Å². The normalized spacial score (nSPS) is 18.6. The number of hydrogen-bond acceptors (Lipinski definition) is 3. The van der Waals surface area contributed by atoms with Gasteiger partial charge in [-0.05, 0) is 19.3 Å². The SMILES string of the molecule is CCCOCC(=O)NCC1(CO)CCCC1. The lowest BCUT2D eigenvalue weighted by Crippen LogP contribution is -2.39. The third kappa shape index (κ3) is 4.10. The topological polar surface area (TPSA) is 58.6 Å². The number of carbonyl (C=O) groups is 1. The largest absolute Gasteiger partial charge is 0.396 e. The molecule has 0 atom stereocenters. The molecule has 0 aromatic rings. The van der Waals surface area contributed by atoms with Crippen molar-refractivity contribution in [1.82, 2.24) is 5.32 Å². The van der Waals surface area contributed by atoms with E-state index in [1.165, 1.54) is 0 Å². The molecule has 0 unspecified atom stereocenters. The van der Waals surface area contributed by atoms with Crippen molar-refractivity contribution in [1.29, 1.82) is 0 Å². The van der Waals surface area contributed by atoms with Gasteiger partial charge in [0.25, 0.3) is 0 Å². The van der Waals surface area contributed by atoms with Gasteiger partial charge in [-0.25, -0.2) is 0 Å². The van der Waals surface area contributed by atoms with Crippen LogP contribution >= 0.6 is 0 Å². The minimum Gasteiger partial charge on any atom is -0.396 e. The zero-order valence-electron chi connectivity index (χ0n) is 10.1. The van der Waals surface area contributed by atoms with Crippen LogP contribution < -0.4 is 5.32 Å². The fraction of sp³-hybridized carbons (Fsp3) is 0.917. The van der Waals surface area contributed by atoms with Crippen molar-refractivity contribution < 1.29 is 14.6 Å². The van der Waals surface area contributed by atoms with Crippen molar-refractivity contribution in [2.24, 2.45) is 5.41 Å². The number of nitrogens with one attached hydrogen (secondary N) is 1. The van der Waals surface area contributed by atoms with E-state index in [4.69, 9.17) is 4.74 Å². The average Bonchev–Trinajstić information content (AvgIpc) is 2.76. The Hall–Kier alpha value is -0.610. The number of rotatable bonds is 7. The Kier molecular flexibility index (Phi) is 5.77. The molecule has 1 amide bonds. The van der Waals surface area contributed by atoms with Crippen LogP contribution in [0.3, 0.4) is 0 Å². The van der Waals surface area contributed by atoms with Crippen LogP contribution in [0.1, 0.15) is 39.0 Å². The van der Waals surface area contributed by atoms with Gasteiger partial charge in [0.15, 0.2) is 0 Å². The molecule has 0 aliphatic heterocycles. The highest BCUT2D eigenvalue weighted by molar-refractivity contribution is 5.77. The van der Waals surface area contributed by atoms with E-state index in [1.807, 2.05) is 6.92 Å². The van der Waals surface area contributed by atoms with Crippen molar-refractivity contribution in [3.8, 4) is 0 Å².